The summed E-state index contributed by atoms with van der Waals surface area (Å²) in [6.07, 6.45) is 5.51. The molecule has 1 aromatic carbocycles. The monoisotopic (exact) mass is 238 g/mol. The van der Waals surface area contributed by atoms with Gasteiger partial charge in [-0.05, 0) is 35.7 Å². The van der Waals surface area contributed by atoms with Crippen molar-refractivity contribution >= 4 is 0 Å². The Morgan fingerprint density at radius 3 is 2.33 bits per heavy atom. The summed E-state index contributed by atoms with van der Waals surface area (Å²) >= 11 is 0. The molecule has 1 atom stereocenters. The number of benzene rings is 1. The molecule has 0 radical (unpaired) electrons. The third kappa shape index (κ3) is 3.05. The lowest BCUT2D eigenvalue weighted by atomic mass is 10.0. The van der Waals surface area contributed by atoms with Gasteiger partial charge in [0.25, 0.3) is 0 Å². The Labute approximate surface area is 108 Å². The minimum atomic E-state index is 0.342. The largest absolute Gasteiger partial charge is 0.307 e. The van der Waals surface area contributed by atoms with Crippen LogP contribution in [0.5, 0.6) is 0 Å². The standard InChI is InChI=1S/C16H18N2/c1-3-10-18-13(2)14-4-6-15(7-5-14)16-8-11-17-12-9-16/h3-9,11-13,18H,1,10H2,2H3/t13-/m1/s1. The van der Waals surface area contributed by atoms with Crippen molar-refractivity contribution in [1.29, 1.82) is 0 Å². The molecule has 1 heterocycles. The Bertz CT molecular complexity index is 488. The second-order valence-electron chi connectivity index (χ2n) is 4.28. The zero-order chi connectivity index (χ0) is 12.8. The molecule has 0 fully saturated rings. The minimum absolute atomic E-state index is 0.342. The topological polar surface area (TPSA) is 24.9 Å². The quantitative estimate of drug-likeness (QED) is 0.805. The third-order valence-electron chi connectivity index (χ3n) is 2.99. The van der Waals surface area contributed by atoms with Crippen LogP contribution in [0.2, 0.25) is 0 Å². The molecule has 0 aliphatic heterocycles. The van der Waals surface area contributed by atoms with Crippen LogP contribution in [-0.4, -0.2) is 11.5 Å². The molecule has 92 valence electrons. The fraction of sp³-hybridized carbons (Fsp3) is 0.188. The number of hydrogen-bond acceptors (Lipinski definition) is 2. The van der Waals surface area contributed by atoms with Crippen LogP contribution in [0.15, 0.2) is 61.4 Å². The molecule has 1 N–H and O–H groups in total. The van der Waals surface area contributed by atoms with Gasteiger partial charge in [0, 0.05) is 25.0 Å². The molecule has 2 aromatic rings. The van der Waals surface area contributed by atoms with E-state index in [1.165, 1.54) is 16.7 Å². The minimum Gasteiger partial charge on any atom is -0.307 e. The van der Waals surface area contributed by atoms with Crippen molar-refractivity contribution in [3.05, 3.63) is 67.0 Å². The first-order valence-corrected chi connectivity index (χ1v) is 6.16. The smallest absolute Gasteiger partial charge is 0.0294 e. The van der Waals surface area contributed by atoms with Gasteiger partial charge in [-0.1, -0.05) is 30.3 Å². The SMILES string of the molecule is C=CCN[C@H](C)c1ccc(-c2ccncc2)cc1. The first kappa shape index (κ1) is 12.5. The van der Waals surface area contributed by atoms with Crippen LogP contribution in [0.25, 0.3) is 11.1 Å². The van der Waals surface area contributed by atoms with Crippen molar-refractivity contribution in [2.45, 2.75) is 13.0 Å². The van der Waals surface area contributed by atoms with Gasteiger partial charge in [0.1, 0.15) is 0 Å². The third-order valence-corrected chi connectivity index (χ3v) is 2.99. The molecular weight excluding hydrogens is 220 g/mol. The molecule has 0 aliphatic rings. The van der Waals surface area contributed by atoms with Crippen molar-refractivity contribution < 1.29 is 0 Å². The van der Waals surface area contributed by atoms with Crippen molar-refractivity contribution in [3.8, 4) is 11.1 Å². The number of rotatable bonds is 5. The molecule has 18 heavy (non-hydrogen) atoms. The summed E-state index contributed by atoms with van der Waals surface area (Å²) < 4.78 is 0. The summed E-state index contributed by atoms with van der Waals surface area (Å²) in [4.78, 5) is 4.03. The molecule has 0 amide bonds. The van der Waals surface area contributed by atoms with Crippen LogP contribution in [0.3, 0.4) is 0 Å². The molecule has 0 aliphatic carbocycles. The number of hydrogen-bond donors (Lipinski definition) is 1. The summed E-state index contributed by atoms with van der Waals surface area (Å²) in [7, 11) is 0. The summed E-state index contributed by atoms with van der Waals surface area (Å²) in [5.41, 5.74) is 3.70. The van der Waals surface area contributed by atoms with Crippen molar-refractivity contribution in [2.24, 2.45) is 0 Å². The zero-order valence-corrected chi connectivity index (χ0v) is 10.6. The molecule has 0 bridgehead atoms. The van der Waals surface area contributed by atoms with Gasteiger partial charge < -0.3 is 5.32 Å². The van der Waals surface area contributed by atoms with E-state index in [4.69, 9.17) is 0 Å². The molecule has 2 nitrogen and oxygen atoms in total. The van der Waals surface area contributed by atoms with Gasteiger partial charge in [-0.3, -0.25) is 4.98 Å². The van der Waals surface area contributed by atoms with Crippen molar-refractivity contribution in [2.75, 3.05) is 6.54 Å². The Hall–Kier alpha value is -1.93. The fourth-order valence-electron chi connectivity index (χ4n) is 1.89. The van der Waals surface area contributed by atoms with E-state index in [9.17, 15) is 0 Å². The normalized spacial score (nSPS) is 12.1. The molecule has 0 spiro atoms. The summed E-state index contributed by atoms with van der Waals surface area (Å²) in [5.74, 6) is 0. The van der Waals surface area contributed by atoms with E-state index < -0.39 is 0 Å². The van der Waals surface area contributed by atoms with Gasteiger partial charge in [-0.25, -0.2) is 0 Å². The highest BCUT2D eigenvalue weighted by atomic mass is 14.9. The lowest BCUT2D eigenvalue weighted by Gasteiger charge is -2.13. The molecule has 2 rings (SSSR count). The molecule has 0 saturated heterocycles. The van der Waals surface area contributed by atoms with Gasteiger partial charge in [0.2, 0.25) is 0 Å². The number of aromatic nitrogens is 1. The van der Waals surface area contributed by atoms with E-state index in [1.807, 2.05) is 30.6 Å². The van der Waals surface area contributed by atoms with Crippen molar-refractivity contribution in [1.82, 2.24) is 10.3 Å². The van der Waals surface area contributed by atoms with E-state index in [1.54, 1.807) is 0 Å². The number of nitrogens with one attached hydrogen (secondary N) is 1. The summed E-state index contributed by atoms with van der Waals surface area (Å²) in [6, 6.07) is 13.0. The van der Waals surface area contributed by atoms with Crippen LogP contribution in [0.1, 0.15) is 18.5 Å². The van der Waals surface area contributed by atoms with Crippen LogP contribution in [-0.2, 0) is 0 Å². The predicted octanol–water partition coefficient (Wildman–Crippen LogP) is 3.59. The zero-order valence-electron chi connectivity index (χ0n) is 10.6. The maximum absolute atomic E-state index is 4.03. The fourth-order valence-corrected chi connectivity index (χ4v) is 1.89. The van der Waals surface area contributed by atoms with E-state index in [-0.39, 0.29) is 0 Å². The van der Waals surface area contributed by atoms with Crippen molar-refractivity contribution in [3.63, 3.8) is 0 Å². The Kier molecular flexibility index (Phi) is 4.26. The summed E-state index contributed by atoms with van der Waals surface area (Å²) in [6.45, 7) is 6.70. The second kappa shape index (κ2) is 6.12. The van der Waals surface area contributed by atoms with E-state index in [0.717, 1.165) is 6.54 Å². The molecular formula is C16H18N2. The summed E-state index contributed by atoms with van der Waals surface area (Å²) in [5, 5.41) is 3.38. The first-order valence-electron chi connectivity index (χ1n) is 6.16. The Morgan fingerprint density at radius 1 is 1.11 bits per heavy atom. The van der Waals surface area contributed by atoms with Gasteiger partial charge >= 0.3 is 0 Å². The van der Waals surface area contributed by atoms with Gasteiger partial charge in [0.05, 0.1) is 0 Å². The van der Waals surface area contributed by atoms with Crippen LogP contribution in [0.4, 0.5) is 0 Å². The average Bonchev–Trinajstić information content (AvgIpc) is 2.46. The van der Waals surface area contributed by atoms with Gasteiger partial charge in [-0.15, -0.1) is 6.58 Å². The lowest BCUT2D eigenvalue weighted by Crippen LogP contribution is -2.18. The second-order valence-corrected chi connectivity index (χ2v) is 4.28. The van der Waals surface area contributed by atoms with Gasteiger partial charge in [-0.2, -0.15) is 0 Å². The number of nitrogens with zero attached hydrogens (tertiary/aromatic N) is 1. The lowest BCUT2D eigenvalue weighted by molar-refractivity contribution is 0.618. The Balaban J connectivity index is 2.13. The molecule has 0 saturated carbocycles. The number of pyridine rings is 1. The van der Waals surface area contributed by atoms with E-state index in [0.29, 0.717) is 6.04 Å². The predicted molar refractivity (Wildman–Crippen MR) is 76.3 cm³/mol. The van der Waals surface area contributed by atoms with Crippen LogP contribution < -0.4 is 5.32 Å². The van der Waals surface area contributed by atoms with E-state index >= 15 is 0 Å². The average molecular weight is 238 g/mol. The van der Waals surface area contributed by atoms with E-state index in [2.05, 4.69) is 48.1 Å². The maximum Gasteiger partial charge on any atom is 0.0294 e. The first-order chi connectivity index (χ1) is 8.81. The Morgan fingerprint density at radius 2 is 1.72 bits per heavy atom. The highest BCUT2D eigenvalue weighted by Crippen LogP contribution is 2.21. The molecule has 0 unspecified atom stereocenters. The highest BCUT2D eigenvalue weighted by molar-refractivity contribution is 5.62. The highest BCUT2D eigenvalue weighted by Gasteiger charge is 2.03. The molecule has 1 aromatic heterocycles. The maximum atomic E-state index is 4.03. The van der Waals surface area contributed by atoms with Crippen LogP contribution in [0, 0.1) is 0 Å². The van der Waals surface area contributed by atoms with Crippen LogP contribution >= 0.6 is 0 Å². The van der Waals surface area contributed by atoms with Gasteiger partial charge in [0.15, 0.2) is 0 Å². The molecule has 2 heteroatoms.